The second kappa shape index (κ2) is 6.22. The summed E-state index contributed by atoms with van der Waals surface area (Å²) < 4.78 is 68.4. The summed E-state index contributed by atoms with van der Waals surface area (Å²) in [7, 11) is 0. The highest BCUT2D eigenvalue weighted by molar-refractivity contribution is 5.91. The number of hydrogen-bond acceptors (Lipinski definition) is 4. The second-order valence-corrected chi connectivity index (χ2v) is 4.45. The predicted molar refractivity (Wildman–Crippen MR) is 69.4 cm³/mol. The zero-order valence-corrected chi connectivity index (χ0v) is 11.4. The highest BCUT2D eigenvalue weighted by Crippen LogP contribution is 2.32. The molecule has 0 aliphatic carbocycles. The maximum atomic E-state index is 13.4. The van der Waals surface area contributed by atoms with Gasteiger partial charge in [-0.3, -0.25) is 10.1 Å². The van der Waals surface area contributed by atoms with E-state index in [2.05, 4.69) is 4.74 Å². The Hall–Kier alpha value is -3.04. The van der Waals surface area contributed by atoms with E-state index in [0.29, 0.717) is 18.2 Å². The van der Waals surface area contributed by atoms with Crippen LogP contribution in [0, 0.1) is 21.7 Å². The molecule has 0 fully saturated rings. The molecule has 24 heavy (non-hydrogen) atoms. The Morgan fingerprint density at radius 3 is 2.29 bits per heavy atom. The third-order valence-electron chi connectivity index (χ3n) is 2.83. The summed E-state index contributed by atoms with van der Waals surface area (Å²) >= 11 is 0. The molecule has 0 aromatic heterocycles. The Balaban J connectivity index is 2.33. The van der Waals surface area contributed by atoms with Crippen molar-refractivity contribution in [1.82, 2.24) is 0 Å². The normalized spacial score (nSPS) is 11.2. The smallest absolute Gasteiger partial charge is 0.415 e. The van der Waals surface area contributed by atoms with Crippen LogP contribution in [0.3, 0.4) is 0 Å². The summed E-state index contributed by atoms with van der Waals surface area (Å²) in [5.41, 5.74) is -2.95. The number of alkyl halides is 3. The van der Waals surface area contributed by atoms with Gasteiger partial charge in [-0.1, -0.05) is 0 Å². The molecule has 0 radical (unpaired) electrons. The average Bonchev–Trinajstić information content (AvgIpc) is 2.45. The van der Waals surface area contributed by atoms with Gasteiger partial charge in [0.05, 0.1) is 16.1 Å². The molecule has 5 nitrogen and oxygen atoms in total. The summed E-state index contributed by atoms with van der Waals surface area (Å²) in [6.45, 7) is 0. The Kier molecular flexibility index (Phi) is 4.49. The molecule has 0 unspecified atom stereocenters. The number of benzene rings is 2. The highest BCUT2D eigenvalue weighted by Gasteiger charge is 2.34. The molecular weight excluding hydrogens is 341 g/mol. The molecule has 0 spiro atoms. The lowest BCUT2D eigenvalue weighted by molar-refractivity contribution is -0.385. The van der Waals surface area contributed by atoms with Gasteiger partial charge in [0, 0.05) is 12.1 Å². The summed E-state index contributed by atoms with van der Waals surface area (Å²) in [5.74, 6) is -4.80. The first kappa shape index (κ1) is 17.3. The average molecular weight is 347 g/mol. The minimum atomic E-state index is -4.95. The minimum absolute atomic E-state index is 0.274. The molecule has 0 aliphatic heterocycles. The van der Waals surface area contributed by atoms with Gasteiger partial charge in [0.25, 0.3) is 0 Å². The van der Waals surface area contributed by atoms with Crippen molar-refractivity contribution in [3.05, 3.63) is 69.3 Å². The predicted octanol–water partition coefficient (Wildman–Crippen LogP) is 4.11. The van der Waals surface area contributed by atoms with Crippen molar-refractivity contribution in [1.29, 1.82) is 0 Å². The van der Waals surface area contributed by atoms with Gasteiger partial charge in [0.1, 0.15) is 11.6 Å². The number of halogens is 5. The van der Waals surface area contributed by atoms with E-state index in [1.54, 1.807) is 0 Å². The quantitative estimate of drug-likeness (QED) is 0.275. The van der Waals surface area contributed by atoms with Crippen LogP contribution in [-0.2, 0) is 6.18 Å². The molecule has 126 valence electrons. The summed E-state index contributed by atoms with van der Waals surface area (Å²) in [5, 5.41) is 10.8. The molecule has 2 aromatic rings. The lowest BCUT2D eigenvalue weighted by Gasteiger charge is -2.09. The van der Waals surface area contributed by atoms with Gasteiger partial charge in [-0.05, 0) is 24.3 Å². The van der Waals surface area contributed by atoms with E-state index in [1.807, 2.05) is 0 Å². The van der Waals surface area contributed by atoms with Crippen molar-refractivity contribution in [3.63, 3.8) is 0 Å². The lowest BCUT2D eigenvalue weighted by atomic mass is 10.1. The number of carbonyl (C=O) groups is 1. The topological polar surface area (TPSA) is 69.4 Å². The van der Waals surface area contributed by atoms with Crippen LogP contribution in [0.5, 0.6) is 5.75 Å². The van der Waals surface area contributed by atoms with Gasteiger partial charge >= 0.3 is 17.8 Å². The number of nitrogens with zero attached hydrogens (tertiary/aromatic N) is 1. The number of esters is 1. The number of carbonyl (C=O) groups excluding carboxylic acids is 1. The van der Waals surface area contributed by atoms with Crippen molar-refractivity contribution < 1.29 is 36.4 Å². The Bertz CT molecular complexity index is 819. The largest absolute Gasteiger partial charge is 0.419 e. The Morgan fingerprint density at radius 1 is 1.08 bits per heavy atom. The van der Waals surface area contributed by atoms with E-state index in [4.69, 9.17) is 0 Å². The van der Waals surface area contributed by atoms with Gasteiger partial charge in [-0.15, -0.1) is 0 Å². The SMILES string of the molecule is O=C(Oc1cc(F)ccc1[N+](=O)[O-])c1ccc(C(F)(F)F)c(F)c1. The van der Waals surface area contributed by atoms with Crippen LogP contribution < -0.4 is 4.74 Å². The molecule has 0 heterocycles. The summed E-state index contributed by atoms with van der Waals surface area (Å²) in [6, 6.07) is 3.29. The van der Waals surface area contributed by atoms with Crippen molar-refractivity contribution in [3.8, 4) is 5.75 Å². The third-order valence-corrected chi connectivity index (χ3v) is 2.83. The number of nitro benzene ring substituents is 1. The molecular formula is C14H6F5NO4. The molecule has 2 aromatic carbocycles. The summed E-state index contributed by atoms with van der Waals surface area (Å²) in [4.78, 5) is 21.6. The first-order valence-corrected chi connectivity index (χ1v) is 6.12. The van der Waals surface area contributed by atoms with Crippen molar-refractivity contribution >= 4 is 11.7 Å². The van der Waals surface area contributed by atoms with Gasteiger partial charge in [0.2, 0.25) is 5.75 Å². The van der Waals surface area contributed by atoms with Gasteiger partial charge in [-0.2, -0.15) is 13.2 Å². The van der Waals surface area contributed by atoms with Crippen molar-refractivity contribution in [2.24, 2.45) is 0 Å². The number of ether oxygens (including phenoxy) is 1. The standard InChI is InChI=1S/C14H6F5NO4/c15-8-2-4-11(20(22)23)12(6-8)24-13(21)7-1-3-9(10(16)5-7)14(17,18)19/h1-6H. The monoisotopic (exact) mass is 347 g/mol. The minimum Gasteiger partial charge on any atom is -0.415 e. The molecule has 0 N–H and O–H groups in total. The molecule has 0 saturated carbocycles. The van der Waals surface area contributed by atoms with Crippen LogP contribution in [-0.4, -0.2) is 10.9 Å². The fraction of sp³-hybridized carbons (Fsp3) is 0.0714. The highest BCUT2D eigenvalue weighted by atomic mass is 19.4. The summed E-state index contributed by atoms with van der Waals surface area (Å²) in [6.07, 6.45) is -4.95. The molecule has 2 rings (SSSR count). The van der Waals surface area contributed by atoms with E-state index >= 15 is 0 Å². The van der Waals surface area contributed by atoms with Crippen LogP contribution in [0.25, 0.3) is 0 Å². The molecule has 0 amide bonds. The lowest BCUT2D eigenvalue weighted by Crippen LogP contribution is -2.13. The van der Waals surface area contributed by atoms with Gasteiger partial charge < -0.3 is 4.74 Å². The van der Waals surface area contributed by atoms with E-state index in [1.165, 1.54) is 0 Å². The number of nitro groups is 1. The zero-order chi connectivity index (χ0) is 18.1. The molecule has 0 saturated heterocycles. The van der Waals surface area contributed by atoms with E-state index in [9.17, 15) is 36.9 Å². The molecule has 0 bridgehead atoms. The van der Waals surface area contributed by atoms with Crippen LogP contribution >= 0.6 is 0 Å². The second-order valence-electron chi connectivity index (χ2n) is 4.45. The Labute approximate surface area is 130 Å². The van der Waals surface area contributed by atoms with Crippen LogP contribution in [0.15, 0.2) is 36.4 Å². The van der Waals surface area contributed by atoms with Crippen LogP contribution in [0.1, 0.15) is 15.9 Å². The van der Waals surface area contributed by atoms with Crippen molar-refractivity contribution in [2.45, 2.75) is 6.18 Å². The van der Waals surface area contributed by atoms with Gasteiger partial charge in [0.15, 0.2) is 0 Å². The van der Waals surface area contributed by atoms with Crippen molar-refractivity contribution in [2.75, 3.05) is 0 Å². The third kappa shape index (κ3) is 3.65. The maximum absolute atomic E-state index is 13.4. The Morgan fingerprint density at radius 2 is 1.75 bits per heavy atom. The number of rotatable bonds is 3. The fourth-order valence-electron chi connectivity index (χ4n) is 1.75. The maximum Gasteiger partial charge on any atom is 0.419 e. The van der Waals surface area contributed by atoms with E-state index in [-0.39, 0.29) is 6.07 Å². The zero-order valence-electron chi connectivity index (χ0n) is 11.4. The molecule has 0 aliphatic rings. The van der Waals surface area contributed by atoms with E-state index < -0.39 is 51.3 Å². The van der Waals surface area contributed by atoms with Crippen LogP contribution in [0.4, 0.5) is 27.6 Å². The van der Waals surface area contributed by atoms with Gasteiger partial charge in [-0.25, -0.2) is 13.6 Å². The number of hydrogen-bond donors (Lipinski definition) is 0. The van der Waals surface area contributed by atoms with Crippen LogP contribution in [0.2, 0.25) is 0 Å². The molecule has 0 atom stereocenters. The molecule has 10 heteroatoms. The fourth-order valence-corrected chi connectivity index (χ4v) is 1.75. The first-order valence-electron chi connectivity index (χ1n) is 6.12. The first-order chi connectivity index (χ1) is 11.1. The van der Waals surface area contributed by atoms with E-state index in [0.717, 1.165) is 12.1 Å².